The maximum Gasteiger partial charge on any atom is 0.275 e. The molecule has 0 bridgehead atoms. The molecule has 0 aliphatic rings. The molecule has 8 nitrogen and oxygen atoms in total. The smallest absolute Gasteiger partial charge is 0.275 e. The number of carbonyl (C=O) groups is 1. The van der Waals surface area contributed by atoms with Crippen LogP contribution in [0.15, 0.2) is 35.1 Å². The van der Waals surface area contributed by atoms with Crippen LogP contribution in [-0.2, 0) is 0 Å². The maximum atomic E-state index is 12.0. The normalized spacial score (nSPS) is 10.0. The number of anilines is 2. The molecule has 108 valence electrons. The van der Waals surface area contributed by atoms with Gasteiger partial charge in [-0.2, -0.15) is 0 Å². The van der Waals surface area contributed by atoms with Crippen molar-refractivity contribution in [3.63, 3.8) is 0 Å². The summed E-state index contributed by atoms with van der Waals surface area (Å²) in [6.45, 7) is 0. The Labute approximate surface area is 127 Å². The number of rotatable bonds is 4. The Hall–Kier alpha value is -2.55. The van der Waals surface area contributed by atoms with Gasteiger partial charge in [-0.15, -0.1) is 0 Å². The molecule has 2 aromatic rings. The quantitative estimate of drug-likeness (QED) is 0.646. The fraction of sp³-hybridized carbons (Fsp3) is 0.0833. The van der Waals surface area contributed by atoms with Gasteiger partial charge in [0.05, 0.1) is 23.0 Å². The summed E-state index contributed by atoms with van der Waals surface area (Å²) in [6.07, 6.45) is 2.76. The van der Waals surface area contributed by atoms with E-state index in [1.165, 1.54) is 30.6 Å². The SMILES string of the molecule is CNc1cnc(C(=O)Nc2ccc([N+](=O)[O-])cc2Br)cn1. The number of carbonyl (C=O) groups excluding carboxylic acids is 1. The average Bonchev–Trinajstić information content (AvgIpc) is 2.49. The predicted molar refractivity (Wildman–Crippen MR) is 80.3 cm³/mol. The van der Waals surface area contributed by atoms with Crippen molar-refractivity contribution in [2.45, 2.75) is 0 Å². The number of benzene rings is 1. The maximum absolute atomic E-state index is 12.0. The van der Waals surface area contributed by atoms with Crippen LogP contribution >= 0.6 is 15.9 Å². The van der Waals surface area contributed by atoms with Crippen LogP contribution in [-0.4, -0.2) is 27.8 Å². The second-order valence-corrected chi connectivity index (χ2v) is 4.77. The van der Waals surface area contributed by atoms with Gasteiger partial charge in [-0.3, -0.25) is 14.9 Å². The van der Waals surface area contributed by atoms with E-state index in [1.54, 1.807) is 7.05 Å². The van der Waals surface area contributed by atoms with Crippen LogP contribution in [0, 0.1) is 10.1 Å². The highest BCUT2D eigenvalue weighted by Crippen LogP contribution is 2.27. The van der Waals surface area contributed by atoms with E-state index < -0.39 is 10.8 Å². The topological polar surface area (TPSA) is 110 Å². The van der Waals surface area contributed by atoms with Gasteiger partial charge in [0.2, 0.25) is 0 Å². The van der Waals surface area contributed by atoms with Crippen LogP contribution < -0.4 is 10.6 Å². The van der Waals surface area contributed by atoms with Crippen molar-refractivity contribution in [2.24, 2.45) is 0 Å². The molecule has 1 aromatic heterocycles. The van der Waals surface area contributed by atoms with E-state index in [-0.39, 0.29) is 11.4 Å². The first-order valence-electron chi connectivity index (χ1n) is 5.76. The first kappa shape index (κ1) is 14.9. The minimum absolute atomic E-state index is 0.0713. The molecule has 0 aliphatic carbocycles. The third kappa shape index (κ3) is 3.51. The van der Waals surface area contributed by atoms with E-state index in [4.69, 9.17) is 0 Å². The minimum Gasteiger partial charge on any atom is -0.372 e. The van der Waals surface area contributed by atoms with Crippen LogP contribution in [0.2, 0.25) is 0 Å². The molecule has 1 amide bonds. The van der Waals surface area contributed by atoms with Crippen molar-refractivity contribution in [1.82, 2.24) is 9.97 Å². The lowest BCUT2D eigenvalue weighted by Gasteiger charge is -2.07. The summed E-state index contributed by atoms with van der Waals surface area (Å²) in [5, 5.41) is 16.0. The molecule has 0 saturated carbocycles. The van der Waals surface area contributed by atoms with Crippen molar-refractivity contribution >= 4 is 39.0 Å². The van der Waals surface area contributed by atoms with E-state index in [0.717, 1.165) is 0 Å². The fourth-order valence-corrected chi connectivity index (χ4v) is 1.95. The number of nitro groups is 1. The number of hydrogen-bond donors (Lipinski definition) is 2. The largest absolute Gasteiger partial charge is 0.372 e. The van der Waals surface area contributed by atoms with E-state index in [2.05, 4.69) is 36.5 Å². The lowest BCUT2D eigenvalue weighted by molar-refractivity contribution is -0.384. The number of amides is 1. The van der Waals surface area contributed by atoms with E-state index in [9.17, 15) is 14.9 Å². The molecule has 0 fully saturated rings. The molecule has 9 heteroatoms. The van der Waals surface area contributed by atoms with Gasteiger partial charge in [0, 0.05) is 23.7 Å². The molecule has 2 rings (SSSR count). The molecule has 0 saturated heterocycles. The molecular weight excluding hydrogens is 342 g/mol. The van der Waals surface area contributed by atoms with E-state index >= 15 is 0 Å². The van der Waals surface area contributed by atoms with Crippen LogP contribution in [0.4, 0.5) is 17.2 Å². The summed E-state index contributed by atoms with van der Waals surface area (Å²) in [7, 11) is 1.69. The van der Waals surface area contributed by atoms with Crippen molar-refractivity contribution in [2.75, 3.05) is 17.7 Å². The van der Waals surface area contributed by atoms with Crippen LogP contribution in [0.3, 0.4) is 0 Å². The fourth-order valence-electron chi connectivity index (χ4n) is 1.48. The summed E-state index contributed by atoms with van der Waals surface area (Å²) in [4.78, 5) is 30.1. The van der Waals surface area contributed by atoms with Gasteiger partial charge >= 0.3 is 0 Å². The summed E-state index contributed by atoms with van der Waals surface area (Å²) in [5.41, 5.74) is 0.474. The molecule has 0 aliphatic heterocycles. The van der Waals surface area contributed by atoms with Crippen molar-refractivity contribution < 1.29 is 9.72 Å². The number of hydrogen-bond acceptors (Lipinski definition) is 6. The van der Waals surface area contributed by atoms with Crippen molar-refractivity contribution in [3.8, 4) is 0 Å². The monoisotopic (exact) mass is 351 g/mol. The minimum atomic E-state index is -0.516. The lowest BCUT2D eigenvalue weighted by atomic mass is 10.2. The zero-order valence-corrected chi connectivity index (χ0v) is 12.4. The second-order valence-electron chi connectivity index (χ2n) is 3.91. The Morgan fingerprint density at radius 3 is 2.62 bits per heavy atom. The molecule has 1 aromatic carbocycles. The summed E-state index contributed by atoms with van der Waals surface area (Å²) < 4.78 is 0.407. The summed E-state index contributed by atoms with van der Waals surface area (Å²) in [6, 6.07) is 4.05. The van der Waals surface area contributed by atoms with Gasteiger partial charge in [0.25, 0.3) is 11.6 Å². The summed E-state index contributed by atoms with van der Waals surface area (Å²) >= 11 is 3.17. The highest BCUT2D eigenvalue weighted by molar-refractivity contribution is 9.10. The molecule has 0 radical (unpaired) electrons. The van der Waals surface area contributed by atoms with Crippen LogP contribution in [0.1, 0.15) is 10.5 Å². The molecule has 0 atom stereocenters. The summed E-state index contributed by atoms with van der Waals surface area (Å²) in [5.74, 6) is 0.0859. The van der Waals surface area contributed by atoms with Gasteiger partial charge in [-0.25, -0.2) is 9.97 Å². The Morgan fingerprint density at radius 2 is 2.10 bits per heavy atom. The number of nitro benzene ring substituents is 1. The third-order valence-corrected chi connectivity index (χ3v) is 3.21. The number of halogens is 1. The number of nitrogens with one attached hydrogen (secondary N) is 2. The highest BCUT2D eigenvalue weighted by atomic mass is 79.9. The zero-order chi connectivity index (χ0) is 15.4. The zero-order valence-electron chi connectivity index (χ0n) is 10.8. The molecule has 2 N–H and O–H groups in total. The standard InChI is InChI=1S/C12H10BrN5O3/c1-14-11-6-15-10(5-16-11)12(19)17-9-3-2-7(18(20)21)4-8(9)13/h2-6H,1H3,(H,14,16)(H,17,19). The number of aromatic nitrogens is 2. The third-order valence-electron chi connectivity index (χ3n) is 2.55. The van der Waals surface area contributed by atoms with Crippen LogP contribution in [0.5, 0.6) is 0 Å². The average molecular weight is 352 g/mol. The predicted octanol–water partition coefficient (Wildman–Crippen LogP) is 2.44. The first-order chi connectivity index (χ1) is 10.0. The van der Waals surface area contributed by atoms with E-state index in [1.807, 2.05) is 0 Å². The van der Waals surface area contributed by atoms with Crippen LogP contribution in [0.25, 0.3) is 0 Å². The molecule has 21 heavy (non-hydrogen) atoms. The molecule has 0 unspecified atom stereocenters. The van der Waals surface area contributed by atoms with Gasteiger partial charge in [0.15, 0.2) is 0 Å². The van der Waals surface area contributed by atoms with Gasteiger partial charge in [-0.1, -0.05) is 0 Å². The molecule has 1 heterocycles. The van der Waals surface area contributed by atoms with Gasteiger partial charge in [-0.05, 0) is 22.0 Å². The number of non-ortho nitro benzene ring substituents is 1. The van der Waals surface area contributed by atoms with E-state index in [0.29, 0.717) is 16.0 Å². The van der Waals surface area contributed by atoms with Gasteiger partial charge < -0.3 is 10.6 Å². The lowest BCUT2D eigenvalue weighted by Crippen LogP contribution is -2.14. The Balaban J connectivity index is 2.17. The highest BCUT2D eigenvalue weighted by Gasteiger charge is 2.13. The molecular formula is C12H10BrN5O3. The first-order valence-corrected chi connectivity index (χ1v) is 6.55. The Bertz CT molecular complexity index is 690. The van der Waals surface area contributed by atoms with Crippen molar-refractivity contribution in [1.29, 1.82) is 0 Å². The molecule has 0 spiro atoms. The Morgan fingerprint density at radius 1 is 1.33 bits per heavy atom. The van der Waals surface area contributed by atoms with Gasteiger partial charge in [0.1, 0.15) is 11.5 Å². The Kier molecular flexibility index (Phi) is 4.43. The number of nitrogens with zero attached hydrogens (tertiary/aromatic N) is 3. The van der Waals surface area contributed by atoms with Crippen molar-refractivity contribution in [3.05, 3.63) is 50.9 Å². The second kappa shape index (κ2) is 6.27.